The molecule has 6 nitrogen and oxygen atoms in total. The third-order valence-corrected chi connectivity index (χ3v) is 4.55. The van der Waals surface area contributed by atoms with E-state index in [1.807, 2.05) is 19.1 Å². The molecule has 1 saturated heterocycles. The van der Waals surface area contributed by atoms with Crippen molar-refractivity contribution in [1.82, 2.24) is 4.90 Å². The molecule has 1 fully saturated rings. The molecule has 140 valence electrons. The van der Waals surface area contributed by atoms with Crippen molar-refractivity contribution < 1.29 is 24.5 Å². The van der Waals surface area contributed by atoms with E-state index in [9.17, 15) is 0 Å². The Morgan fingerprint density at radius 1 is 1.16 bits per heavy atom. The molecule has 0 unspecified atom stereocenters. The quantitative estimate of drug-likeness (QED) is 0.698. The first-order valence-corrected chi connectivity index (χ1v) is 9.25. The van der Waals surface area contributed by atoms with Crippen LogP contribution in [0.3, 0.4) is 0 Å². The fourth-order valence-electron chi connectivity index (χ4n) is 2.46. The fourth-order valence-corrected chi connectivity index (χ4v) is 3.59. The number of hydrogen-bond acceptors (Lipinski definition) is 4. The minimum absolute atomic E-state index is 0.683. The molecule has 2 N–H and O–H groups in total. The van der Waals surface area contributed by atoms with Gasteiger partial charge in [0.2, 0.25) is 0 Å². The lowest BCUT2D eigenvalue weighted by Crippen LogP contribution is -2.29. The molecule has 1 heterocycles. The number of carbonyl (C=O) groups is 2. The number of likely N-dealkylation sites (tertiary alicyclic amines) is 1. The monoisotopic (exact) mass is 435 g/mol. The fraction of sp³-hybridized carbons (Fsp3) is 0.529. The Morgan fingerprint density at radius 2 is 1.72 bits per heavy atom. The average Bonchev–Trinajstić information content (AvgIpc) is 2.79. The third kappa shape index (κ3) is 8.56. The first-order chi connectivity index (χ1) is 11.8. The topological polar surface area (TPSA) is 87.1 Å². The Hall–Kier alpha value is -1.31. The SMILES string of the molecule is Cc1cc(Cl)c(OCCN2CCCCCC2)c(Br)c1.O=C(O)C(=O)O. The third-order valence-electron chi connectivity index (χ3n) is 3.68. The van der Waals surface area contributed by atoms with E-state index < -0.39 is 11.9 Å². The maximum absolute atomic E-state index is 9.10. The molecular formula is C17H23BrClNO5. The number of rotatable bonds is 4. The average molecular weight is 437 g/mol. The van der Waals surface area contributed by atoms with E-state index in [4.69, 9.17) is 36.1 Å². The summed E-state index contributed by atoms with van der Waals surface area (Å²) in [6, 6.07) is 3.97. The molecule has 2 rings (SSSR count). The number of aryl methyl sites for hydroxylation is 1. The number of ether oxygens (including phenoxy) is 1. The first-order valence-electron chi connectivity index (χ1n) is 8.08. The van der Waals surface area contributed by atoms with E-state index in [0.717, 1.165) is 22.3 Å². The number of benzene rings is 1. The van der Waals surface area contributed by atoms with Gasteiger partial charge in [-0.05, 0) is 66.5 Å². The van der Waals surface area contributed by atoms with Crippen molar-refractivity contribution in [1.29, 1.82) is 0 Å². The van der Waals surface area contributed by atoms with Crippen molar-refractivity contribution in [3.8, 4) is 5.75 Å². The summed E-state index contributed by atoms with van der Waals surface area (Å²) in [5, 5.41) is 15.5. The van der Waals surface area contributed by atoms with Gasteiger partial charge in [-0.1, -0.05) is 24.4 Å². The maximum atomic E-state index is 9.10. The Bertz CT molecular complexity index is 553. The summed E-state index contributed by atoms with van der Waals surface area (Å²) < 4.78 is 6.78. The predicted molar refractivity (Wildman–Crippen MR) is 99.6 cm³/mol. The second-order valence-corrected chi connectivity index (χ2v) is 7.03. The van der Waals surface area contributed by atoms with Crippen LogP contribution in [0.2, 0.25) is 5.02 Å². The van der Waals surface area contributed by atoms with Crippen molar-refractivity contribution in [2.45, 2.75) is 32.6 Å². The Labute approximate surface area is 160 Å². The molecule has 1 aliphatic heterocycles. The van der Waals surface area contributed by atoms with Gasteiger partial charge in [0, 0.05) is 6.54 Å². The normalized spacial score (nSPS) is 14.8. The van der Waals surface area contributed by atoms with Crippen LogP contribution < -0.4 is 4.74 Å². The Balaban J connectivity index is 0.000000450. The van der Waals surface area contributed by atoms with Crippen LogP contribution in [0.1, 0.15) is 31.2 Å². The largest absolute Gasteiger partial charge is 0.490 e. The molecule has 0 spiro atoms. The summed E-state index contributed by atoms with van der Waals surface area (Å²) in [5.41, 5.74) is 1.14. The molecule has 0 aliphatic carbocycles. The summed E-state index contributed by atoms with van der Waals surface area (Å²) >= 11 is 9.73. The van der Waals surface area contributed by atoms with Gasteiger partial charge >= 0.3 is 11.9 Å². The second kappa shape index (κ2) is 11.3. The van der Waals surface area contributed by atoms with Gasteiger partial charge in [0.1, 0.15) is 6.61 Å². The standard InChI is InChI=1S/C15H21BrClNO.C2H2O4/c1-12-10-13(16)15(14(17)11-12)19-9-8-18-6-4-2-3-5-7-18;3-1(4)2(5)6/h10-11H,2-9H2,1H3;(H,3,4)(H,5,6). The lowest BCUT2D eigenvalue weighted by molar-refractivity contribution is -0.159. The van der Waals surface area contributed by atoms with Crippen LogP contribution in [0.5, 0.6) is 5.75 Å². The van der Waals surface area contributed by atoms with Crippen LogP contribution in [0, 0.1) is 6.92 Å². The Morgan fingerprint density at radius 3 is 2.20 bits per heavy atom. The molecule has 1 aliphatic rings. The van der Waals surface area contributed by atoms with Crippen LogP contribution in [0.4, 0.5) is 0 Å². The van der Waals surface area contributed by atoms with Gasteiger partial charge in [0.05, 0.1) is 9.50 Å². The molecule has 1 aromatic carbocycles. The number of aliphatic carboxylic acids is 2. The minimum atomic E-state index is -1.82. The molecule has 25 heavy (non-hydrogen) atoms. The maximum Gasteiger partial charge on any atom is 0.414 e. The molecule has 0 radical (unpaired) electrons. The highest BCUT2D eigenvalue weighted by atomic mass is 79.9. The Kier molecular flexibility index (Phi) is 9.85. The number of carboxylic acids is 2. The van der Waals surface area contributed by atoms with E-state index >= 15 is 0 Å². The first kappa shape index (κ1) is 21.7. The lowest BCUT2D eigenvalue weighted by atomic mass is 10.2. The van der Waals surface area contributed by atoms with Gasteiger partial charge in [-0.3, -0.25) is 4.90 Å². The number of hydrogen-bond donors (Lipinski definition) is 2. The van der Waals surface area contributed by atoms with Crippen LogP contribution in [0.15, 0.2) is 16.6 Å². The second-order valence-electron chi connectivity index (χ2n) is 5.77. The van der Waals surface area contributed by atoms with Crippen molar-refractivity contribution in [2.75, 3.05) is 26.2 Å². The zero-order valence-electron chi connectivity index (χ0n) is 14.1. The van der Waals surface area contributed by atoms with Crippen molar-refractivity contribution in [3.63, 3.8) is 0 Å². The highest BCUT2D eigenvalue weighted by Crippen LogP contribution is 2.34. The number of halogens is 2. The van der Waals surface area contributed by atoms with Gasteiger partial charge in [-0.15, -0.1) is 0 Å². The smallest absolute Gasteiger partial charge is 0.414 e. The zero-order chi connectivity index (χ0) is 18.8. The summed E-state index contributed by atoms with van der Waals surface area (Å²) in [4.78, 5) is 20.7. The summed E-state index contributed by atoms with van der Waals surface area (Å²) in [5.74, 6) is -2.88. The van der Waals surface area contributed by atoms with Crippen molar-refractivity contribution >= 4 is 39.5 Å². The van der Waals surface area contributed by atoms with Gasteiger partial charge in [0.25, 0.3) is 0 Å². The van der Waals surface area contributed by atoms with Gasteiger partial charge in [0.15, 0.2) is 5.75 Å². The molecule has 8 heteroatoms. The highest BCUT2D eigenvalue weighted by molar-refractivity contribution is 9.10. The lowest BCUT2D eigenvalue weighted by Gasteiger charge is -2.20. The molecule has 0 atom stereocenters. The molecule has 0 aromatic heterocycles. The molecule has 1 aromatic rings. The molecule has 0 bridgehead atoms. The van der Waals surface area contributed by atoms with Crippen molar-refractivity contribution in [2.24, 2.45) is 0 Å². The summed E-state index contributed by atoms with van der Waals surface area (Å²) in [6.45, 7) is 6.11. The van der Waals surface area contributed by atoms with E-state index in [0.29, 0.717) is 11.6 Å². The van der Waals surface area contributed by atoms with E-state index in [2.05, 4.69) is 20.8 Å². The van der Waals surface area contributed by atoms with Crippen LogP contribution in [-0.4, -0.2) is 53.3 Å². The molecule has 0 saturated carbocycles. The molecular weight excluding hydrogens is 414 g/mol. The van der Waals surface area contributed by atoms with Crippen LogP contribution in [-0.2, 0) is 9.59 Å². The van der Waals surface area contributed by atoms with Gasteiger partial charge in [-0.2, -0.15) is 0 Å². The molecule has 0 amide bonds. The van der Waals surface area contributed by atoms with Gasteiger partial charge in [-0.25, -0.2) is 9.59 Å². The van der Waals surface area contributed by atoms with E-state index in [-0.39, 0.29) is 0 Å². The van der Waals surface area contributed by atoms with Gasteiger partial charge < -0.3 is 14.9 Å². The zero-order valence-corrected chi connectivity index (χ0v) is 16.5. The summed E-state index contributed by atoms with van der Waals surface area (Å²) in [6.07, 6.45) is 5.36. The van der Waals surface area contributed by atoms with Crippen molar-refractivity contribution in [3.05, 3.63) is 27.2 Å². The van der Waals surface area contributed by atoms with Crippen LogP contribution in [0.25, 0.3) is 0 Å². The minimum Gasteiger partial charge on any atom is -0.490 e. The van der Waals surface area contributed by atoms with E-state index in [1.54, 1.807) is 0 Å². The van der Waals surface area contributed by atoms with E-state index in [1.165, 1.54) is 38.8 Å². The van der Waals surface area contributed by atoms with Crippen LogP contribution >= 0.6 is 27.5 Å². The number of nitrogens with zero attached hydrogens (tertiary/aromatic N) is 1. The predicted octanol–water partition coefficient (Wildman–Crippen LogP) is 3.82. The number of carboxylic acid groups (broad SMARTS) is 2. The summed E-state index contributed by atoms with van der Waals surface area (Å²) in [7, 11) is 0. The highest BCUT2D eigenvalue weighted by Gasteiger charge is 2.11.